The molecule has 0 amide bonds. The predicted octanol–water partition coefficient (Wildman–Crippen LogP) is 3.66. The summed E-state index contributed by atoms with van der Waals surface area (Å²) in [5.41, 5.74) is 1.73. The fraction of sp³-hybridized carbons (Fsp3) is 0.500. The zero-order chi connectivity index (χ0) is 11.0. The van der Waals surface area contributed by atoms with E-state index in [0.717, 1.165) is 17.0 Å². The molecule has 0 unspecified atom stereocenters. The van der Waals surface area contributed by atoms with Crippen molar-refractivity contribution in [3.8, 4) is 0 Å². The highest BCUT2D eigenvalue weighted by Crippen LogP contribution is 2.31. The molecule has 2 aromatic heterocycles. The van der Waals surface area contributed by atoms with Gasteiger partial charge in [-0.2, -0.15) is 0 Å². The van der Waals surface area contributed by atoms with Crippen molar-refractivity contribution in [2.24, 2.45) is 0 Å². The summed E-state index contributed by atoms with van der Waals surface area (Å²) >= 11 is 5.90. The van der Waals surface area contributed by atoms with Crippen LogP contribution in [0.4, 0.5) is 0 Å². The molecule has 4 heteroatoms. The molecule has 0 radical (unpaired) electrons. The van der Waals surface area contributed by atoms with Crippen LogP contribution in [0.15, 0.2) is 12.3 Å². The third-order valence-corrected chi connectivity index (χ3v) is 3.52. The molecule has 2 aromatic rings. The summed E-state index contributed by atoms with van der Waals surface area (Å²) in [5, 5.41) is 0.659. The van der Waals surface area contributed by atoms with Gasteiger partial charge in [0.25, 0.3) is 0 Å². The largest absolute Gasteiger partial charge is 0.340 e. The van der Waals surface area contributed by atoms with Gasteiger partial charge in [-0.15, -0.1) is 0 Å². The molecule has 1 aliphatic rings. The van der Waals surface area contributed by atoms with E-state index in [2.05, 4.69) is 15.0 Å². The second kappa shape index (κ2) is 4.06. The maximum atomic E-state index is 5.90. The lowest BCUT2D eigenvalue weighted by atomic mass is 9.89. The number of aromatic nitrogens is 3. The summed E-state index contributed by atoms with van der Waals surface area (Å²) in [5.74, 6) is 1.67. The fourth-order valence-corrected chi connectivity index (χ4v) is 2.62. The first-order valence-electron chi connectivity index (χ1n) is 5.84. The molecule has 1 aliphatic carbocycles. The van der Waals surface area contributed by atoms with Crippen LogP contribution >= 0.6 is 11.6 Å². The van der Waals surface area contributed by atoms with Crippen molar-refractivity contribution in [3.05, 3.63) is 23.1 Å². The summed E-state index contributed by atoms with van der Waals surface area (Å²) < 4.78 is 0. The van der Waals surface area contributed by atoms with Crippen LogP contribution in [0.3, 0.4) is 0 Å². The normalized spacial score (nSPS) is 18.1. The Balaban J connectivity index is 1.97. The molecule has 0 spiro atoms. The Kier molecular flexibility index (Phi) is 2.56. The molecule has 0 atom stereocenters. The van der Waals surface area contributed by atoms with E-state index in [1.54, 1.807) is 6.20 Å². The van der Waals surface area contributed by atoms with Gasteiger partial charge < -0.3 is 4.98 Å². The third-order valence-electron chi connectivity index (χ3n) is 3.31. The zero-order valence-electron chi connectivity index (χ0n) is 9.04. The molecule has 1 N–H and O–H groups in total. The van der Waals surface area contributed by atoms with Crippen LogP contribution in [-0.2, 0) is 0 Å². The van der Waals surface area contributed by atoms with Gasteiger partial charge >= 0.3 is 0 Å². The zero-order valence-corrected chi connectivity index (χ0v) is 9.80. The molecular weight excluding hydrogens is 222 g/mol. The highest BCUT2D eigenvalue weighted by atomic mass is 35.5. The molecule has 2 heterocycles. The molecule has 0 bridgehead atoms. The number of nitrogens with one attached hydrogen (secondary N) is 1. The van der Waals surface area contributed by atoms with Gasteiger partial charge in [0.2, 0.25) is 0 Å². The van der Waals surface area contributed by atoms with E-state index >= 15 is 0 Å². The van der Waals surface area contributed by atoms with Crippen LogP contribution < -0.4 is 0 Å². The maximum Gasteiger partial charge on any atom is 0.177 e. The summed E-state index contributed by atoms with van der Waals surface area (Å²) in [6.45, 7) is 0. The molecule has 1 fully saturated rings. The van der Waals surface area contributed by atoms with Crippen molar-refractivity contribution in [2.75, 3.05) is 0 Å². The average Bonchev–Trinajstić information content (AvgIpc) is 2.73. The number of aromatic amines is 1. The number of fused-ring (bicyclic) bond motifs is 1. The highest BCUT2D eigenvalue weighted by molar-refractivity contribution is 6.30. The lowest BCUT2D eigenvalue weighted by Crippen LogP contribution is -2.05. The first-order valence-corrected chi connectivity index (χ1v) is 6.22. The second-order valence-electron chi connectivity index (χ2n) is 4.48. The van der Waals surface area contributed by atoms with Gasteiger partial charge in [0, 0.05) is 12.1 Å². The van der Waals surface area contributed by atoms with Crippen molar-refractivity contribution in [1.82, 2.24) is 15.0 Å². The Morgan fingerprint density at radius 2 is 2.06 bits per heavy atom. The summed E-state index contributed by atoms with van der Waals surface area (Å²) in [6.07, 6.45) is 8.13. The van der Waals surface area contributed by atoms with E-state index in [1.165, 1.54) is 32.1 Å². The fourth-order valence-electron chi connectivity index (χ4n) is 2.46. The van der Waals surface area contributed by atoms with Crippen LogP contribution in [0.5, 0.6) is 0 Å². The molecule has 0 aliphatic heterocycles. The van der Waals surface area contributed by atoms with E-state index in [-0.39, 0.29) is 0 Å². The van der Waals surface area contributed by atoms with E-state index in [4.69, 9.17) is 11.6 Å². The molecule has 84 valence electrons. The van der Waals surface area contributed by atoms with E-state index in [9.17, 15) is 0 Å². The minimum absolute atomic E-state index is 0.585. The van der Waals surface area contributed by atoms with E-state index in [1.807, 2.05) is 6.07 Å². The van der Waals surface area contributed by atoms with Gasteiger partial charge in [0.05, 0.1) is 10.5 Å². The van der Waals surface area contributed by atoms with Gasteiger partial charge in [-0.05, 0) is 18.9 Å². The number of pyridine rings is 1. The van der Waals surface area contributed by atoms with Crippen molar-refractivity contribution < 1.29 is 0 Å². The smallest absolute Gasteiger partial charge is 0.177 e. The number of nitrogens with zero attached hydrogens (tertiary/aromatic N) is 2. The van der Waals surface area contributed by atoms with Crippen molar-refractivity contribution in [1.29, 1.82) is 0 Å². The minimum atomic E-state index is 0.585. The molecular formula is C12H14ClN3. The van der Waals surface area contributed by atoms with Crippen LogP contribution in [0.1, 0.15) is 43.8 Å². The van der Waals surface area contributed by atoms with Crippen LogP contribution in [-0.4, -0.2) is 15.0 Å². The van der Waals surface area contributed by atoms with Crippen molar-refractivity contribution in [2.45, 2.75) is 38.0 Å². The standard InChI is InChI=1S/C12H14ClN3/c13-9-6-10-12(14-7-9)16-11(15-10)8-4-2-1-3-5-8/h6-8H,1-5H2,(H,14,15,16). The number of imidazole rings is 1. The van der Waals surface area contributed by atoms with Crippen molar-refractivity contribution >= 4 is 22.8 Å². The Bertz CT molecular complexity index is 500. The SMILES string of the molecule is Clc1cnc2nc(C3CCCCC3)[nH]c2c1. The number of halogens is 1. The second-order valence-corrected chi connectivity index (χ2v) is 4.92. The number of H-pyrrole nitrogens is 1. The molecule has 1 saturated carbocycles. The summed E-state index contributed by atoms with van der Waals surface area (Å²) in [4.78, 5) is 12.1. The van der Waals surface area contributed by atoms with Crippen LogP contribution in [0.25, 0.3) is 11.2 Å². The minimum Gasteiger partial charge on any atom is -0.340 e. The first kappa shape index (κ1) is 10.1. The Morgan fingerprint density at radius 1 is 1.25 bits per heavy atom. The van der Waals surface area contributed by atoms with Gasteiger partial charge in [0.15, 0.2) is 5.65 Å². The topological polar surface area (TPSA) is 41.6 Å². The Morgan fingerprint density at radius 3 is 2.88 bits per heavy atom. The van der Waals surface area contributed by atoms with Gasteiger partial charge in [0.1, 0.15) is 5.82 Å². The van der Waals surface area contributed by atoms with Gasteiger partial charge in [-0.1, -0.05) is 30.9 Å². The summed E-state index contributed by atoms with van der Waals surface area (Å²) in [7, 11) is 0. The van der Waals surface area contributed by atoms with E-state index in [0.29, 0.717) is 10.9 Å². The quantitative estimate of drug-likeness (QED) is 0.820. The molecule has 0 saturated heterocycles. The Hall–Kier alpha value is -1.09. The monoisotopic (exact) mass is 235 g/mol. The van der Waals surface area contributed by atoms with Crippen LogP contribution in [0, 0.1) is 0 Å². The number of hydrogen-bond donors (Lipinski definition) is 1. The van der Waals surface area contributed by atoms with E-state index < -0.39 is 0 Å². The molecule has 16 heavy (non-hydrogen) atoms. The van der Waals surface area contributed by atoms with Gasteiger partial charge in [-0.3, -0.25) is 0 Å². The molecule has 0 aromatic carbocycles. The average molecular weight is 236 g/mol. The van der Waals surface area contributed by atoms with Crippen molar-refractivity contribution in [3.63, 3.8) is 0 Å². The maximum absolute atomic E-state index is 5.90. The molecule has 3 rings (SSSR count). The number of hydrogen-bond acceptors (Lipinski definition) is 2. The van der Waals surface area contributed by atoms with Crippen LogP contribution in [0.2, 0.25) is 5.02 Å². The summed E-state index contributed by atoms with van der Waals surface area (Å²) in [6, 6.07) is 1.89. The van der Waals surface area contributed by atoms with Gasteiger partial charge in [-0.25, -0.2) is 9.97 Å². The highest BCUT2D eigenvalue weighted by Gasteiger charge is 2.19. The lowest BCUT2D eigenvalue weighted by Gasteiger charge is -2.18. The third kappa shape index (κ3) is 1.80. The number of rotatable bonds is 1. The Labute approximate surface area is 99.2 Å². The lowest BCUT2D eigenvalue weighted by molar-refractivity contribution is 0.431. The first-order chi connectivity index (χ1) is 7.83. The predicted molar refractivity (Wildman–Crippen MR) is 64.7 cm³/mol. The molecule has 3 nitrogen and oxygen atoms in total.